The zero-order chi connectivity index (χ0) is 47.7. The lowest BCUT2D eigenvalue weighted by atomic mass is 9.82. The lowest BCUT2D eigenvalue weighted by Gasteiger charge is -2.39. The van der Waals surface area contributed by atoms with Gasteiger partial charge in [0.25, 0.3) is 0 Å². The maximum atomic E-state index is 6.92. The van der Waals surface area contributed by atoms with Gasteiger partial charge in [0.15, 0.2) is 11.2 Å². The van der Waals surface area contributed by atoms with Crippen molar-refractivity contribution in [1.82, 2.24) is 0 Å². The summed E-state index contributed by atoms with van der Waals surface area (Å²) in [7, 11) is 0. The highest BCUT2D eigenvalue weighted by molar-refractivity contribution is 6.21. The van der Waals surface area contributed by atoms with E-state index in [1.54, 1.807) is 0 Å². The van der Waals surface area contributed by atoms with Crippen molar-refractivity contribution in [3.05, 3.63) is 190 Å². The van der Waals surface area contributed by atoms with E-state index in [0.717, 1.165) is 60.3 Å². The van der Waals surface area contributed by atoms with E-state index in [9.17, 15) is 0 Å². The van der Waals surface area contributed by atoms with Crippen molar-refractivity contribution < 1.29 is 8.83 Å². The molecule has 0 amide bonds. The molecule has 0 radical (unpaired) electrons. The van der Waals surface area contributed by atoms with E-state index in [1.165, 1.54) is 89.3 Å². The van der Waals surface area contributed by atoms with Gasteiger partial charge in [-0.05, 0) is 190 Å². The third kappa shape index (κ3) is 6.70. The van der Waals surface area contributed by atoms with Gasteiger partial charge in [-0.1, -0.05) is 115 Å². The van der Waals surface area contributed by atoms with Gasteiger partial charge in [0.05, 0.1) is 17.1 Å². The van der Waals surface area contributed by atoms with Crippen LogP contribution in [0.3, 0.4) is 0 Å². The fraction of sp³-hybridized carbons (Fsp3) is 0.231. The zero-order valence-electron chi connectivity index (χ0n) is 41.8. The Labute approximate surface area is 405 Å². The van der Waals surface area contributed by atoms with E-state index < -0.39 is 0 Å². The van der Waals surface area contributed by atoms with Crippen LogP contribution in [0.25, 0.3) is 65.4 Å². The number of hydrogen-bond donors (Lipinski definition) is 0. The molecular formula is C65H60N2O2. The normalized spacial score (nSPS) is 13.9. The molecule has 1 aliphatic rings. The van der Waals surface area contributed by atoms with E-state index in [2.05, 4.69) is 225 Å². The van der Waals surface area contributed by atoms with Crippen LogP contribution in [0.1, 0.15) is 122 Å². The Morgan fingerprint density at radius 3 is 1.64 bits per heavy atom. The lowest BCUT2D eigenvalue weighted by molar-refractivity contribution is 0.634. The zero-order valence-corrected chi connectivity index (χ0v) is 41.8. The largest absolute Gasteiger partial charge is 0.452 e. The average Bonchev–Trinajstić information content (AvgIpc) is 3.88. The molecular weight excluding hydrogens is 841 g/mol. The van der Waals surface area contributed by atoms with Crippen LogP contribution in [0.4, 0.5) is 34.1 Å². The topological polar surface area (TPSA) is 32.8 Å². The summed E-state index contributed by atoms with van der Waals surface area (Å²) in [6.45, 7) is 25.0. The number of anilines is 6. The van der Waals surface area contributed by atoms with Crippen LogP contribution >= 0.6 is 0 Å². The predicted molar refractivity (Wildman–Crippen MR) is 294 cm³/mol. The molecule has 0 bridgehead atoms. The minimum atomic E-state index is 0.223. The van der Waals surface area contributed by atoms with Gasteiger partial charge in [0, 0.05) is 44.5 Å². The number of benzene rings is 9. The third-order valence-corrected chi connectivity index (χ3v) is 15.4. The molecule has 4 nitrogen and oxygen atoms in total. The van der Waals surface area contributed by atoms with Crippen molar-refractivity contribution in [2.45, 2.75) is 99.8 Å². The van der Waals surface area contributed by atoms with Crippen molar-refractivity contribution in [3.8, 4) is 0 Å². The van der Waals surface area contributed by atoms with E-state index >= 15 is 0 Å². The van der Waals surface area contributed by atoms with Gasteiger partial charge in [-0.15, -0.1) is 0 Å². The van der Waals surface area contributed by atoms with Crippen LogP contribution in [0.15, 0.2) is 148 Å². The number of fused-ring (bicyclic) bond motifs is 11. The second-order valence-electron chi connectivity index (χ2n) is 21.0. The van der Waals surface area contributed by atoms with E-state index in [4.69, 9.17) is 8.83 Å². The summed E-state index contributed by atoms with van der Waals surface area (Å²) in [5, 5.41) is 8.96. The summed E-state index contributed by atoms with van der Waals surface area (Å²) in [5.41, 5.74) is 22.4. The van der Waals surface area contributed by atoms with E-state index in [0.29, 0.717) is 17.8 Å². The van der Waals surface area contributed by atoms with Crippen LogP contribution < -0.4 is 9.80 Å². The highest BCUT2D eigenvalue weighted by Gasteiger charge is 2.32. The summed E-state index contributed by atoms with van der Waals surface area (Å²) in [5.74, 6) is 1.46. The number of nitrogens with zero attached hydrogens (tertiary/aromatic N) is 2. The maximum Gasteiger partial charge on any atom is 0.178 e. The number of aryl methyl sites for hydroxylation is 4. The molecule has 2 aromatic heterocycles. The molecule has 0 fully saturated rings. The average molecular weight is 901 g/mol. The molecule has 1 atom stereocenters. The Hall–Kier alpha value is -7.30. The number of para-hydroxylation sites is 2. The third-order valence-electron chi connectivity index (χ3n) is 15.4. The van der Waals surface area contributed by atoms with Gasteiger partial charge in [-0.2, -0.15) is 0 Å². The maximum absolute atomic E-state index is 6.92. The molecule has 9 aromatic carbocycles. The predicted octanol–water partition coefficient (Wildman–Crippen LogP) is 19.8. The molecule has 0 saturated carbocycles. The SMILES string of the molecule is Cc1cccc(C)c1N(c1ccc2cc3c(cc2c1)oc1c3ccc2c3cc4cc5c(cc4cc3oc21)N(c1c(C)cccc1C)c1ccc(C(C)C)cc1C5C)c1ccc(C(C)C)cc1C(C)C. The molecule has 69 heavy (non-hydrogen) atoms. The summed E-state index contributed by atoms with van der Waals surface area (Å²) in [6.07, 6.45) is 0. The molecule has 12 rings (SSSR count). The van der Waals surface area contributed by atoms with Crippen molar-refractivity contribution in [1.29, 1.82) is 0 Å². The minimum absolute atomic E-state index is 0.223. The van der Waals surface area contributed by atoms with Gasteiger partial charge in [-0.25, -0.2) is 0 Å². The van der Waals surface area contributed by atoms with Crippen molar-refractivity contribution in [2.75, 3.05) is 9.80 Å². The van der Waals surface area contributed by atoms with E-state index in [1.807, 2.05) is 0 Å². The summed E-state index contributed by atoms with van der Waals surface area (Å²) in [4.78, 5) is 4.99. The fourth-order valence-corrected chi connectivity index (χ4v) is 11.6. The van der Waals surface area contributed by atoms with Crippen LogP contribution in [-0.4, -0.2) is 0 Å². The molecule has 0 N–H and O–H groups in total. The van der Waals surface area contributed by atoms with Crippen LogP contribution in [0, 0.1) is 27.7 Å². The molecule has 0 aliphatic carbocycles. The van der Waals surface area contributed by atoms with Crippen molar-refractivity contribution >= 4 is 99.5 Å². The summed E-state index contributed by atoms with van der Waals surface area (Å²) < 4.78 is 13.8. The second kappa shape index (κ2) is 15.9. The second-order valence-corrected chi connectivity index (χ2v) is 21.0. The van der Waals surface area contributed by atoms with Gasteiger partial charge >= 0.3 is 0 Å². The first-order valence-corrected chi connectivity index (χ1v) is 25.0. The number of furan rings is 2. The monoisotopic (exact) mass is 900 g/mol. The molecule has 1 unspecified atom stereocenters. The van der Waals surface area contributed by atoms with Gasteiger partial charge < -0.3 is 18.6 Å². The molecule has 0 saturated heterocycles. The smallest absolute Gasteiger partial charge is 0.178 e. The van der Waals surface area contributed by atoms with Crippen LogP contribution in [-0.2, 0) is 0 Å². The highest BCUT2D eigenvalue weighted by Crippen LogP contribution is 2.53. The Morgan fingerprint density at radius 2 is 1.01 bits per heavy atom. The Bertz CT molecular complexity index is 3880. The summed E-state index contributed by atoms with van der Waals surface area (Å²) in [6, 6.07) is 52.7. The van der Waals surface area contributed by atoms with Crippen LogP contribution in [0.5, 0.6) is 0 Å². The molecule has 1 aliphatic heterocycles. The van der Waals surface area contributed by atoms with Crippen molar-refractivity contribution in [3.63, 3.8) is 0 Å². The standard InChI is InChI=1S/C65H60N2O2/c1-35(2)43-19-24-57(52(27-43)37(5)6)66(62-38(7)14-12-15-39(62)8)49-21-18-45-29-55-50-22-23-51-56-31-47-30-54-42(11)53-28-44(36(3)4)20-25-58(53)67(63-40(9)16-13-17-41(63)10)59(54)32-48(47)34-61(56)69-65(51)64(50)68-60(55)33-46(45)26-49/h12-37,42H,1-11H3. The number of hydrogen-bond acceptors (Lipinski definition) is 4. The summed E-state index contributed by atoms with van der Waals surface area (Å²) >= 11 is 0. The molecule has 4 heteroatoms. The highest BCUT2D eigenvalue weighted by atomic mass is 16.4. The molecule has 3 heterocycles. The number of rotatable bonds is 7. The molecule has 11 aromatic rings. The Balaban J connectivity index is 1.01. The first-order chi connectivity index (χ1) is 33.2. The first-order valence-electron chi connectivity index (χ1n) is 25.0. The first kappa shape index (κ1) is 43.0. The quantitative estimate of drug-likeness (QED) is 0.160. The van der Waals surface area contributed by atoms with Gasteiger partial charge in [-0.3, -0.25) is 0 Å². The fourth-order valence-electron chi connectivity index (χ4n) is 11.6. The van der Waals surface area contributed by atoms with Gasteiger partial charge in [0.2, 0.25) is 0 Å². The Kier molecular flexibility index (Phi) is 9.90. The van der Waals surface area contributed by atoms with E-state index in [-0.39, 0.29) is 5.92 Å². The molecule has 0 spiro atoms. The lowest BCUT2D eigenvalue weighted by Crippen LogP contribution is -2.22. The molecule has 342 valence electrons. The van der Waals surface area contributed by atoms with Crippen LogP contribution in [0.2, 0.25) is 0 Å². The minimum Gasteiger partial charge on any atom is -0.452 e. The Morgan fingerprint density at radius 1 is 0.464 bits per heavy atom. The van der Waals surface area contributed by atoms with Gasteiger partial charge in [0.1, 0.15) is 11.2 Å². The van der Waals surface area contributed by atoms with Crippen molar-refractivity contribution in [2.24, 2.45) is 0 Å².